The van der Waals surface area contributed by atoms with Gasteiger partial charge in [-0.3, -0.25) is 0 Å². The Morgan fingerprint density at radius 1 is 0.962 bits per heavy atom. The fraction of sp³-hybridized carbons (Fsp3) is 0.440. The maximum Gasteiger partial charge on any atom is 0.0721 e. The molecule has 0 heterocycles. The molecule has 0 saturated heterocycles. The van der Waals surface area contributed by atoms with Gasteiger partial charge in [0.15, 0.2) is 0 Å². The first-order valence-electron chi connectivity index (χ1n) is 10.1. The SMILES string of the molecule is C=C(COCc1ccccc1)C1CCC(c2cccc(CCC)c2)CC1. The molecule has 1 saturated carbocycles. The van der Waals surface area contributed by atoms with Crippen LogP contribution in [0.25, 0.3) is 0 Å². The van der Waals surface area contributed by atoms with Gasteiger partial charge < -0.3 is 4.74 Å². The first-order valence-corrected chi connectivity index (χ1v) is 10.1. The highest BCUT2D eigenvalue weighted by Crippen LogP contribution is 2.38. The van der Waals surface area contributed by atoms with E-state index in [9.17, 15) is 0 Å². The lowest BCUT2D eigenvalue weighted by molar-refractivity contribution is 0.133. The van der Waals surface area contributed by atoms with Gasteiger partial charge in [0.25, 0.3) is 0 Å². The summed E-state index contributed by atoms with van der Waals surface area (Å²) in [6.45, 7) is 7.94. The Kier molecular flexibility index (Phi) is 7.08. The van der Waals surface area contributed by atoms with Crippen LogP contribution in [0.2, 0.25) is 0 Å². The van der Waals surface area contributed by atoms with Crippen molar-refractivity contribution in [2.75, 3.05) is 6.61 Å². The maximum absolute atomic E-state index is 5.89. The largest absolute Gasteiger partial charge is 0.372 e. The monoisotopic (exact) mass is 348 g/mol. The quantitative estimate of drug-likeness (QED) is 0.483. The molecular weight excluding hydrogens is 316 g/mol. The van der Waals surface area contributed by atoms with Crippen molar-refractivity contribution in [3.63, 3.8) is 0 Å². The van der Waals surface area contributed by atoms with E-state index in [1.54, 1.807) is 5.56 Å². The lowest BCUT2D eigenvalue weighted by Crippen LogP contribution is -2.17. The Bertz CT molecular complexity index is 680. The highest BCUT2D eigenvalue weighted by molar-refractivity contribution is 5.27. The first-order chi connectivity index (χ1) is 12.8. The van der Waals surface area contributed by atoms with Crippen molar-refractivity contribution in [2.24, 2.45) is 5.92 Å². The molecule has 3 rings (SSSR count). The minimum Gasteiger partial charge on any atom is -0.372 e. The van der Waals surface area contributed by atoms with Gasteiger partial charge in [0.1, 0.15) is 0 Å². The van der Waals surface area contributed by atoms with Gasteiger partial charge >= 0.3 is 0 Å². The standard InChI is InChI=1S/C25H32O/c1-3-8-21-11-7-12-25(17-21)24-15-13-23(14-16-24)20(2)18-26-19-22-9-5-4-6-10-22/h4-7,9-12,17,23-24H,2-3,8,13-16,18-19H2,1H3. The molecule has 0 unspecified atom stereocenters. The van der Waals surface area contributed by atoms with E-state index in [1.165, 1.54) is 55.2 Å². The summed E-state index contributed by atoms with van der Waals surface area (Å²) in [7, 11) is 0. The molecule has 2 aromatic carbocycles. The Morgan fingerprint density at radius 3 is 2.42 bits per heavy atom. The van der Waals surface area contributed by atoms with E-state index in [1.807, 2.05) is 6.07 Å². The lowest BCUT2D eigenvalue weighted by atomic mass is 9.76. The van der Waals surface area contributed by atoms with Crippen LogP contribution in [0.4, 0.5) is 0 Å². The highest BCUT2D eigenvalue weighted by Gasteiger charge is 2.24. The third kappa shape index (κ3) is 5.32. The number of ether oxygens (including phenoxy) is 1. The normalized spacial score (nSPS) is 20.0. The second kappa shape index (κ2) is 9.73. The molecule has 26 heavy (non-hydrogen) atoms. The number of rotatable bonds is 8. The summed E-state index contributed by atoms with van der Waals surface area (Å²) in [5, 5.41) is 0. The smallest absolute Gasteiger partial charge is 0.0721 e. The lowest BCUT2D eigenvalue weighted by Gasteiger charge is -2.30. The van der Waals surface area contributed by atoms with Crippen LogP contribution >= 0.6 is 0 Å². The van der Waals surface area contributed by atoms with Crippen LogP contribution in [0.1, 0.15) is 61.6 Å². The van der Waals surface area contributed by atoms with Gasteiger partial charge in [-0.15, -0.1) is 0 Å². The third-order valence-corrected chi connectivity index (χ3v) is 5.66. The van der Waals surface area contributed by atoms with E-state index in [0.717, 1.165) is 5.92 Å². The zero-order valence-electron chi connectivity index (χ0n) is 16.1. The van der Waals surface area contributed by atoms with E-state index < -0.39 is 0 Å². The fourth-order valence-corrected chi connectivity index (χ4v) is 4.12. The predicted molar refractivity (Wildman–Crippen MR) is 110 cm³/mol. The molecule has 2 aromatic rings. The third-order valence-electron chi connectivity index (χ3n) is 5.66. The van der Waals surface area contributed by atoms with Gasteiger partial charge in [-0.2, -0.15) is 0 Å². The number of aryl methyl sites for hydroxylation is 1. The molecule has 1 nitrogen and oxygen atoms in total. The van der Waals surface area contributed by atoms with Crippen LogP contribution in [-0.2, 0) is 17.8 Å². The second-order valence-electron chi connectivity index (χ2n) is 7.68. The van der Waals surface area contributed by atoms with Gasteiger partial charge in [-0.25, -0.2) is 0 Å². The van der Waals surface area contributed by atoms with Crippen molar-refractivity contribution < 1.29 is 4.74 Å². The first kappa shape index (κ1) is 18.9. The van der Waals surface area contributed by atoms with E-state index in [-0.39, 0.29) is 0 Å². The fourth-order valence-electron chi connectivity index (χ4n) is 4.12. The van der Waals surface area contributed by atoms with E-state index in [4.69, 9.17) is 4.74 Å². The summed E-state index contributed by atoms with van der Waals surface area (Å²) in [5.41, 5.74) is 5.54. The summed E-state index contributed by atoms with van der Waals surface area (Å²) >= 11 is 0. The average Bonchev–Trinajstić information content (AvgIpc) is 2.69. The van der Waals surface area contributed by atoms with Crippen LogP contribution in [0.3, 0.4) is 0 Å². The highest BCUT2D eigenvalue weighted by atomic mass is 16.5. The summed E-state index contributed by atoms with van der Waals surface area (Å²) in [6, 6.07) is 19.6. The minimum absolute atomic E-state index is 0.626. The topological polar surface area (TPSA) is 9.23 Å². The molecule has 0 aromatic heterocycles. The minimum atomic E-state index is 0.626. The molecule has 0 aliphatic heterocycles. The van der Waals surface area contributed by atoms with Gasteiger partial charge in [0, 0.05) is 0 Å². The zero-order chi connectivity index (χ0) is 18.2. The summed E-state index contributed by atoms with van der Waals surface area (Å²) < 4.78 is 5.89. The molecule has 0 atom stereocenters. The van der Waals surface area contributed by atoms with Crippen molar-refractivity contribution in [1.29, 1.82) is 0 Å². The summed E-state index contributed by atoms with van der Waals surface area (Å²) in [6.07, 6.45) is 7.46. The molecule has 1 heteroatoms. The Morgan fingerprint density at radius 2 is 1.69 bits per heavy atom. The summed E-state index contributed by atoms with van der Waals surface area (Å²) in [4.78, 5) is 0. The summed E-state index contributed by atoms with van der Waals surface area (Å²) in [5.74, 6) is 1.35. The van der Waals surface area contributed by atoms with E-state index in [0.29, 0.717) is 19.1 Å². The Balaban J connectivity index is 1.44. The molecule has 0 N–H and O–H groups in total. The van der Waals surface area contributed by atoms with Gasteiger partial charge in [0.2, 0.25) is 0 Å². The molecule has 0 bridgehead atoms. The Labute approximate surface area is 159 Å². The second-order valence-corrected chi connectivity index (χ2v) is 7.68. The molecule has 1 aliphatic carbocycles. The molecule has 138 valence electrons. The van der Waals surface area contributed by atoms with Crippen molar-refractivity contribution in [1.82, 2.24) is 0 Å². The van der Waals surface area contributed by atoms with Crippen LogP contribution in [-0.4, -0.2) is 6.61 Å². The van der Waals surface area contributed by atoms with Crippen LogP contribution in [0.5, 0.6) is 0 Å². The van der Waals surface area contributed by atoms with Crippen molar-refractivity contribution in [3.05, 3.63) is 83.4 Å². The Hall–Kier alpha value is -1.86. The molecule has 1 fully saturated rings. The number of hydrogen-bond acceptors (Lipinski definition) is 1. The zero-order valence-corrected chi connectivity index (χ0v) is 16.1. The number of hydrogen-bond donors (Lipinski definition) is 0. The maximum atomic E-state index is 5.89. The van der Waals surface area contributed by atoms with Crippen LogP contribution in [0.15, 0.2) is 66.7 Å². The average molecular weight is 349 g/mol. The molecule has 0 amide bonds. The molecule has 0 radical (unpaired) electrons. The van der Waals surface area contributed by atoms with Gasteiger partial charge in [-0.05, 0) is 66.2 Å². The van der Waals surface area contributed by atoms with Crippen LogP contribution in [0, 0.1) is 5.92 Å². The molecule has 1 aliphatic rings. The van der Waals surface area contributed by atoms with Crippen molar-refractivity contribution >= 4 is 0 Å². The van der Waals surface area contributed by atoms with Crippen LogP contribution < -0.4 is 0 Å². The molecule has 0 spiro atoms. The van der Waals surface area contributed by atoms with E-state index in [2.05, 4.69) is 62.0 Å². The van der Waals surface area contributed by atoms with Crippen molar-refractivity contribution in [2.45, 2.75) is 58.0 Å². The van der Waals surface area contributed by atoms with Crippen molar-refractivity contribution in [3.8, 4) is 0 Å². The van der Waals surface area contributed by atoms with E-state index >= 15 is 0 Å². The molecular formula is C25H32O. The predicted octanol–water partition coefficient (Wildman–Crippen LogP) is 6.69. The van der Waals surface area contributed by atoms with Gasteiger partial charge in [0.05, 0.1) is 13.2 Å². The van der Waals surface area contributed by atoms with Gasteiger partial charge in [-0.1, -0.05) is 74.5 Å². The number of benzene rings is 2.